The number of hydrogen-bond donors (Lipinski definition) is 1. The molecule has 1 unspecified atom stereocenters. The summed E-state index contributed by atoms with van der Waals surface area (Å²) in [5.74, 6) is -0.502. The van der Waals surface area contributed by atoms with E-state index in [-0.39, 0.29) is 17.4 Å². The number of nitro benzene ring substituents is 1. The molecular weight excluding hydrogens is 295 g/mol. The van der Waals surface area contributed by atoms with Gasteiger partial charge in [-0.05, 0) is 42.2 Å². The second-order valence-electron chi connectivity index (χ2n) is 5.00. The smallest absolute Gasteiger partial charge is 0.292 e. The number of aryl methyl sites for hydroxylation is 1. The van der Waals surface area contributed by atoms with Crippen LogP contribution >= 0.6 is 11.6 Å². The van der Waals surface area contributed by atoms with Crippen LogP contribution in [0.1, 0.15) is 23.6 Å². The van der Waals surface area contributed by atoms with Crippen LogP contribution in [0.3, 0.4) is 0 Å². The molecule has 0 radical (unpaired) electrons. The zero-order chi connectivity index (χ0) is 15.0. The topological polar surface area (TPSA) is 55.2 Å². The zero-order valence-electron chi connectivity index (χ0n) is 11.0. The minimum atomic E-state index is -0.514. The molecule has 4 nitrogen and oxygen atoms in total. The van der Waals surface area contributed by atoms with Gasteiger partial charge in [0.25, 0.3) is 5.69 Å². The van der Waals surface area contributed by atoms with Crippen LogP contribution in [-0.2, 0) is 6.42 Å². The third-order valence-electron chi connectivity index (χ3n) is 3.67. The molecule has 0 fully saturated rings. The fourth-order valence-corrected chi connectivity index (χ4v) is 2.90. The van der Waals surface area contributed by atoms with E-state index < -0.39 is 10.7 Å². The lowest BCUT2D eigenvalue weighted by atomic mass is 10.1. The van der Waals surface area contributed by atoms with Gasteiger partial charge in [0.05, 0.1) is 11.0 Å². The number of halogens is 2. The van der Waals surface area contributed by atoms with E-state index in [4.69, 9.17) is 11.6 Å². The molecule has 0 aromatic heterocycles. The summed E-state index contributed by atoms with van der Waals surface area (Å²) in [4.78, 5) is 10.5. The fourth-order valence-electron chi connectivity index (χ4n) is 2.71. The molecule has 108 valence electrons. The molecule has 3 rings (SSSR count). The lowest BCUT2D eigenvalue weighted by molar-refractivity contribution is -0.384. The van der Waals surface area contributed by atoms with Crippen LogP contribution in [0.5, 0.6) is 0 Å². The summed E-state index contributed by atoms with van der Waals surface area (Å²) in [6.45, 7) is 0. The Kier molecular flexibility index (Phi) is 3.51. The van der Waals surface area contributed by atoms with Crippen molar-refractivity contribution in [2.24, 2.45) is 0 Å². The van der Waals surface area contributed by atoms with Crippen molar-refractivity contribution in [3.05, 3.63) is 68.5 Å². The lowest BCUT2D eigenvalue weighted by Crippen LogP contribution is -2.09. The fraction of sp³-hybridized carbons (Fsp3) is 0.200. The molecule has 0 saturated heterocycles. The van der Waals surface area contributed by atoms with Gasteiger partial charge in [-0.15, -0.1) is 0 Å². The summed E-state index contributed by atoms with van der Waals surface area (Å²) in [6.07, 6.45) is 1.64. The van der Waals surface area contributed by atoms with Crippen LogP contribution in [0.25, 0.3) is 0 Å². The van der Waals surface area contributed by atoms with Crippen molar-refractivity contribution in [3.63, 3.8) is 0 Å². The normalized spacial score (nSPS) is 16.6. The molecule has 0 heterocycles. The van der Waals surface area contributed by atoms with E-state index in [9.17, 15) is 14.5 Å². The Labute approximate surface area is 125 Å². The number of benzene rings is 2. The van der Waals surface area contributed by atoms with Crippen LogP contribution in [0.15, 0.2) is 36.4 Å². The third kappa shape index (κ3) is 2.69. The predicted molar refractivity (Wildman–Crippen MR) is 79.2 cm³/mol. The number of nitrogens with one attached hydrogen (secondary N) is 1. The van der Waals surface area contributed by atoms with Gasteiger partial charge in [0.1, 0.15) is 11.5 Å². The Bertz CT molecular complexity index is 721. The summed E-state index contributed by atoms with van der Waals surface area (Å²) in [5.41, 5.74) is 2.25. The summed E-state index contributed by atoms with van der Waals surface area (Å²) in [5, 5.41) is 14.8. The van der Waals surface area contributed by atoms with Gasteiger partial charge in [0.15, 0.2) is 0 Å². The molecule has 0 aliphatic heterocycles. The Hall–Kier alpha value is -2.14. The van der Waals surface area contributed by atoms with Crippen molar-refractivity contribution < 1.29 is 9.31 Å². The van der Waals surface area contributed by atoms with Gasteiger partial charge in [-0.2, -0.15) is 0 Å². The van der Waals surface area contributed by atoms with Crippen molar-refractivity contribution in [2.45, 2.75) is 18.9 Å². The maximum Gasteiger partial charge on any atom is 0.292 e. The van der Waals surface area contributed by atoms with E-state index in [0.717, 1.165) is 36.1 Å². The average Bonchev–Trinajstić information content (AvgIpc) is 2.81. The molecule has 0 saturated carbocycles. The summed E-state index contributed by atoms with van der Waals surface area (Å²) in [6, 6.07) is 8.96. The van der Waals surface area contributed by atoms with Crippen LogP contribution in [0.4, 0.5) is 15.8 Å². The highest BCUT2D eigenvalue weighted by Crippen LogP contribution is 2.37. The van der Waals surface area contributed by atoms with Crippen molar-refractivity contribution in [1.82, 2.24) is 0 Å². The van der Waals surface area contributed by atoms with E-state index in [2.05, 4.69) is 5.32 Å². The van der Waals surface area contributed by atoms with Gasteiger partial charge >= 0.3 is 0 Å². The first-order valence-corrected chi connectivity index (χ1v) is 6.91. The maximum absolute atomic E-state index is 13.4. The minimum absolute atomic E-state index is 0.0715. The predicted octanol–water partition coefficient (Wildman–Crippen LogP) is 4.49. The van der Waals surface area contributed by atoms with E-state index in [1.807, 2.05) is 12.1 Å². The first-order chi connectivity index (χ1) is 10.0. The summed E-state index contributed by atoms with van der Waals surface area (Å²) >= 11 is 5.96. The number of fused-ring (bicyclic) bond motifs is 1. The van der Waals surface area contributed by atoms with Gasteiger partial charge in [0, 0.05) is 17.2 Å². The number of nitrogens with zero attached hydrogens (tertiary/aromatic N) is 1. The molecule has 2 aromatic rings. The first kappa shape index (κ1) is 13.8. The van der Waals surface area contributed by atoms with Gasteiger partial charge in [0.2, 0.25) is 0 Å². The summed E-state index contributed by atoms with van der Waals surface area (Å²) in [7, 11) is 0. The van der Waals surface area contributed by atoms with Crippen LogP contribution in [-0.4, -0.2) is 4.92 Å². The van der Waals surface area contributed by atoms with Crippen LogP contribution in [0.2, 0.25) is 5.02 Å². The molecule has 21 heavy (non-hydrogen) atoms. The van der Waals surface area contributed by atoms with Crippen molar-refractivity contribution in [3.8, 4) is 0 Å². The van der Waals surface area contributed by atoms with Gasteiger partial charge in [-0.3, -0.25) is 10.1 Å². The molecule has 1 aliphatic rings. The number of hydrogen-bond acceptors (Lipinski definition) is 3. The second-order valence-corrected chi connectivity index (χ2v) is 5.43. The van der Waals surface area contributed by atoms with Crippen LogP contribution < -0.4 is 5.32 Å². The van der Waals surface area contributed by atoms with Crippen LogP contribution in [0, 0.1) is 15.9 Å². The van der Waals surface area contributed by atoms with Crippen molar-refractivity contribution >= 4 is 23.0 Å². The van der Waals surface area contributed by atoms with E-state index >= 15 is 0 Å². The molecule has 0 bridgehead atoms. The molecule has 1 atom stereocenters. The maximum atomic E-state index is 13.4. The molecule has 1 aliphatic carbocycles. The summed E-state index contributed by atoms with van der Waals surface area (Å²) < 4.78 is 13.4. The largest absolute Gasteiger partial charge is 0.373 e. The highest BCUT2D eigenvalue weighted by molar-refractivity contribution is 6.30. The molecule has 6 heteroatoms. The average molecular weight is 307 g/mol. The minimum Gasteiger partial charge on any atom is -0.373 e. The highest BCUT2D eigenvalue weighted by Gasteiger charge is 2.25. The molecule has 1 N–H and O–H groups in total. The van der Waals surface area contributed by atoms with Gasteiger partial charge in [-0.25, -0.2) is 4.39 Å². The standard InChI is InChI=1S/C15H12ClFN2O2/c16-10-2-4-12-9(7-10)1-5-13(12)18-14-8-11(17)3-6-15(14)19(20)21/h2-4,6-8,13,18H,1,5H2. The first-order valence-electron chi connectivity index (χ1n) is 6.53. The Morgan fingerprint density at radius 2 is 2.10 bits per heavy atom. The quantitative estimate of drug-likeness (QED) is 0.671. The highest BCUT2D eigenvalue weighted by atomic mass is 35.5. The van der Waals surface area contributed by atoms with E-state index in [1.165, 1.54) is 6.07 Å². The third-order valence-corrected chi connectivity index (χ3v) is 3.90. The Morgan fingerprint density at radius 1 is 1.29 bits per heavy atom. The van der Waals surface area contributed by atoms with Gasteiger partial charge in [-0.1, -0.05) is 17.7 Å². The molecule has 2 aromatic carbocycles. The molecule has 0 amide bonds. The number of rotatable bonds is 3. The monoisotopic (exact) mass is 306 g/mol. The number of nitro groups is 1. The van der Waals surface area contributed by atoms with Crippen molar-refractivity contribution in [1.29, 1.82) is 0 Å². The molecular formula is C15H12ClFN2O2. The number of anilines is 1. The van der Waals surface area contributed by atoms with E-state index in [1.54, 1.807) is 6.07 Å². The second kappa shape index (κ2) is 5.33. The Morgan fingerprint density at radius 3 is 2.86 bits per heavy atom. The van der Waals surface area contributed by atoms with Gasteiger partial charge < -0.3 is 5.32 Å². The SMILES string of the molecule is O=[N+]([O-])c1ccc(F)cc1NC1CCc2cc(Cl)ccc21. The Balaban J connectivity index is 1.93. The molecule has 0 spiro atoms. The van der Waals surface area contributed by atoms with E-state index in [0.29, 0.717) is 5.02 Å². The zero-order valence-corrected chi connectivity index (χ0v) is 11.7. The van der Waals surface area contributed by atoms with Crippen molar-refractivity contribution in [2.75, 3.05) is 5.32 Å². The lowest BCUT2D eigenvalue weighted by Gasteiger charge is -2.15.